The molecule has 0 bridgehead atoms. The molecule has 2 unspecified atom stereocenters. The molecule has 18 rings (SSSR count). The zero-order valence-electron chi connectivity index (χ0n) is 54.7. The number of hydrogen-bond acceptors (Lipinski definition) is 0. The predicted molar refractivity (Wildman–Crippen MR) is 408 cm³/mol. The number of fused-ring (bicyclic) bond motifs is 10. The summed E-state index contributed by atoms with van der Waals surface area (Å²) in [7, 11) is 0. The van der Waals surface area contributed by atoms with Crippen LogP contribution in [0, 0.1) is 11.8 Å². The Morgan fingerprint density at radius 3 is 0.766 bits per heavy atom. The zero-order valence-corrected chi connectivity index (χ0v) is 58.5. The molecular formula is C92H82SiZr. The number of benzene rings is 14. The van der Waals surface area contributed by atoms with E-state index in [0.29, 0.717) is 11.8 Å². The van der Waals surface area contributed by atoms with Crippen molar-refractivity contribution >= 4 is 105 Å². The van der Waals surface area contributed by atoms with Gasteiger partial charge in [0.05, 0.1) is 0 Å². The molecule has 2 saturated carbocycles. The van der Waals surface area contributed by atoms with Crippen molar-refractivity contribution in [1.82, 2.24) is 0 Å². The molecule has 2 heteroatoms. The van der Waals surface area contributed by atoms with E-state index in [-0.39, 0.29) is 7.25 Å². The fourth-order valence-corrected chi connectivity index (χ4v) is 39.2. The van der Waals surface area contributed by atoms with E-state index in [1.165, 1.54) is 219 Å². The molecule has 2 fully saturated rings. The Morgan fingerprint density at radius 2 is 0.511 bits per heavy atom. The van der Waals surface area contributed by atoms with Crippen molar-refractivity contribution in [1.29, 1.82) is 0 Å². The van der Waals surface area contributed by atoms with Gasteiger partial charge in [0, 0.05) is 0 Å². The van der Waals surface area contributed by atoms with Gasteiger partial charge in [0.1, 0.15) is 0 Å². The number of rotatable bonds is 10. The minimum atomic E-state index is -4.89. The van der Waals surface area contributed by atoms with Gasteiger partial charge in [0.25, 0.3) is 0 Å². The zero-order chi connectivity index (χ0) is 62.7. The van der Waals surface area contributed by atoms with Crippen LogP contribution in [0.2, 0.25) is 9.26 Å². The summed E-state index contributed by atoms with van der Waals surface area (Å²) in [6.07, 6.45) is 24.1. The molecule has 14 aromatic carbocycles. The van der Waals surface area contributed by atoms with Crippen LogP contribution in [0.5, 0.6) is 0 Å². The maximum atomic E-state index is 3.02. The third kappa shape index (κ3) is 9.65. The molecule has 4 aliphatic rings. The minimum absolute atomic E-state index is 0.236. The van der Waals surface area contributed by atoms with Crippen molar-refractivity contribution in [3.8, 4) is 44.5 Å². The standard InChI is InChI=1S/2C45H37.2CH3.H2Si.Zr/c2*1-2-4-14-30(13-3-1)25-31-26-42-40(44-36-19-9-5-15-32(36)28-33-16-6-10-20-37(33)44)23-24-41(43(42)27-31)45-38-21-11-7-17-34(38)29-35-18-8-12-22-39(35)45;;;;/h2*5-12,15-24,26-30H,1-4,13-14,25H2;2*1H3;1H2;. The summed E-state index contributed by atoms with van der Waals surface area (Å²) in [4.78, 5) is 0. The third-order valence-corrected chi connectivity index (χ3v) is 41.0. The van der Waals surface area contributed by atoms with Crippen molar-refractivity contribution in [2.75, 3.05) is 0 Å². The van der Waals surface area contributed by atoms with Gasteiger partial charge in [-0.15, -0.1) is 0 Å². The fourth-order valence-electron chi connectivity index (χ4n) is 19.7. The second kappa shape index (κ2) is 23.3. The summed E-state index contributed by atoms with van der Waals surface area (Å²) in [6.45, 7) is 2.63. The van der Waals surface area contributed by atoms with Crippen molar-refractivity contribution in [2.24, 2.45) is 11.8 Å². The Bertz CT molecular complexity index is 5020. The molecule has 94 heavy (non-hydrogen) atoms. The summed E-state index contributed by atoms with van der Waals surface area (Å²) in [5.74, 6) is 1.29. The molecule has 458 valence electrons. The molecule has 0 spiro atoms. The maximum absolute atomic E-state index is 4.89. The van der Waals surface area contributed by atoms with Crippen LogP contribution in [-0.2, 0) is 17.4 Å². The van der Waals surface area contributed by atoms with E-state index in [0.717, 1.165) is 12.8 Å². The Morgan fingerprint density at radius 1 is 0.287 bits per heavy atom. The molecule has 4 aliphatic carbocycles. The van der Waals surface area contributed by atoms with Crippen LogP contribution in [0.15, 0.2) is 254 Å². The molecule has 0 nitrogen and oxygen atoms in total. The average molecular weight is 1310 g/mol. The van der Waals surface area contributed by atoms with Gasteiger partial charge in [-0.3, -0.25) is 0 Å². The van der Waals surface area contributed by atoms with Crippen LogP contribution < -0.4 is 0 Å². The van der Waals surface area contributed by atoms with Gasteiger partial charge in [0.2, 0.25) is 0 Å². The third-order valence-electron chi connectivity index (χ3n) is 23.6. The normalized spacial score (nSPS) is 17.5. The Hall–Kier alpha value is -8.26. The van der Waals surface area contributed by atoms with Gasteiger partial charge in [0.15, 0.2) is 0 Å². The summed E-state index contributed by atoms with van der Waals surface area (Å²) >= 11 is -4.89. The Kier molecular flexibility index (Phi) is 14.5. The van der Waals surface area contributed by atoms with Gasteiger partial charge in [-0.1, -0.05) is 0 Å². The van der Waals surface area contributed by atoms with Crippen LogP contribution >= 0.6 is 0 Å². The molecule has 0 aromatic heterocycles. The molecule has 0 aliphatic heterocycles. The van der Waals surface area contributed by atoms with Crippen LogP contribution in [0.1, 0.15) is 119 Å². The van der Waals surface area contributed by atoms with Crippen LogP contribution in [-0.4, -0.2) is 6.88 Å². The number of allylic oxidation sites excluding steroid dienone is 2. The summed E-state index contributed by atoms with van der Waals surface area (Å²) in [5, 5.41) is 21.2. The summed E-state index contributed by atoms with van der Waals surface area (Å²) < 4.78 is 6.52. The van der Waals surface area contributed by atoms with Gasteiger partial charge in [-0.2, -0.15) is 0 Å². The predicted octanol–water partition coefficient (Wildman–Crippen LogP) is 26.2. The van der Waals surface area contributed by atoms with Crippen molar-refractivity contribution in [2.45, 2.75) is 106 Å². The van der Waals surface area contributed by atoms with Crippen molar-refractivity contribution in [3.63, 3.8) is 0 Å². The first-order valence-corrected chi connectivity index (χ1v) is 49.3. The van der Waals surface area contributed by atoms with E-state index >= 15 is 0 Å². The monoisotopic (exact) mass is 1300 g/mol. The van der Waals surface area contributed by atoms with E-state index in [1.54, 1.807) is 22.3 Å². The average Bonchev–Trinajstić information content (AvgIpc) is 1.45. The van der Waals surface area contributed by atoms with Gasteiger partial charge >= 0.3 is 561 Å². The molecule has 0 N–H and O–H groups in total. The second-order valence-electron chi connectivity index (χ2n) is 30.1. The van der Waals surface area contributed by atoms with Crippen LogP contribution in [0.4, 0.5) is 0 Å². The van der Waals surface area contributed by atoms with Crippen LogP contribution in [0.25, 0.3) is 143 Å². The molecule has 0 heterocycles. The quantitative estimate of drug-likeness (QED) is 0.0727. The van der Waals surface area contributed by atoms with E-state index < -0.39 is 17.4 Å². The van der Waals surface area contributed by atoms with Gasteiger partial charge in [-0.05, 0) is 0 Å². The first-order valence-electron chi connectivity index (χ1n) is 35.6. The van der Waals surface area contributed by atoms with E-state index in [4.69, 9.17) is 0 Å². The summed E-state index contributed by atoms with van der Waals surface area (Å²) in [6, 6.07) is 94.9. The molecule has 0 radical (unpaired) electrons. The van der Waals surface area contributed by atoms with Crippen molar-refractivity contribution < 1.29 is 17.4 Å². The van der Waals surface area contributed by atoms with E-state index in [2.05, 4.69) is 271 Å². The molecule has 14 aromatic rings. The Balaban J connectivity index is 0.996. The van der Waals surface area contributed by atoms with Gasteiger partial charge < -0.3 is 0 Å². The molecular weight excluding hydrogens is 1220 g/mol. The van der Waals surface area contributed by atoms with E-state index in [1.807, 2.05) is 0 Å². The number of hydrogen-bond donors (Lipinski definition) is 0. The van der Waals surface area contributed by atoms with Gasteiger partial charge in [-0.25, -0.2) is 0 Å². The van der Waals surface area contributed by atoms with Crippen LogP contribution in [0.3, 0.4) is 0 Å². The SMILES string of the molecule is [CH3][Zr]([CH3])(=[SiH2])([CH]1C(CC2CCCCCC2)=Cc2c(-c3c4ccccc4cc4ccccc34)ccc(-c3c4ccccc4cc4ccccc34)c21)[CH]1C(CC2CCCCCC2)=Cc2c(-c3c4ccccc4cc4ccccc34)ccc(-c3c4ccccc4cc4ccccc34)c21. The second-order valence-corrected chi connectivity index (χ2v) is 60.6. The molecule has 0 amide bonds. The van der Waals surface area contributed by atoms with E-state index in [9.17, 15) is 0 Å². The fraction of sp³-hybridized carbons (Fsp3) is 0.217. The first-order chi connectivity index (χ1) is 46.2. The first kappa shape index (κ1) is 58.3. The Labute approximate surface area is 556 Å². The molecule has 2 atom stereocenters. The topological polar surface area (TPSA) is 0 Å². The van der Waals surface area contributed by atoms with Crippen molar-refractivity contribution in [3.05, 3.63) is 276 Å². The molecule has 0 saturated heterocycles. The summed E-state index contributed by atoms with van der Waals surface area (Å²) in [5.41, 5.74) is 20.8.